The first-order chi connectivity index (χ1) is 14.2. The van der Waals surface area contributed by atoms with Crippen LogP contribution < -0.4 is 5.32 Å². The average molecular weight is 450 g/mol. The summed E-state index contributed by atoms with van der Waals surface area (Å²) in [5.41, 5.74) is 1.18. The van der Waals surface area contributed by atoms with Crippen molar-refractivity contribution in [3.8, 4) is 0 Å². The molecule has 1 atom stereocenters. The molecule has 9 heteroatoms. The van der Waals surface area contributed by atoms with E-state index in [1.165, 1.54) is 7.11 Å². The maximum atomic E-state index is 13.1. The first-order valence-corrected chi connectivity index (χ1v) is 11.4. The number of fused-ring (bicyclic) bond motifs is 1. The molecule has 3 aromatic rings. The van der Waals surface area contributed by atoms with Gasteiger partial charge in [-0.05, 0) is 17.7 Å². The van der Waals surface area contributed by atoms with E-state index < -0.39 is 27.8 Å². The van der Waals surface area contributed by atoms with Gasteiger partial charge < -0.3 is 14.5 Å². The van der Waals surface area contributed by atoms with Gasteiger partial charge in [-0.15, -0.1) is 0 Å². The van der Waals surface area contributed by atoms with Crippen LogP contribution in [0.1, 0.15) is 34.1 Å². The van der Waals surface area contributed by atoms with Crippen LogP contribution >= 0.6 is 11.6 Å². The highest BCUT2D eigenvalue weighted by Gasteiger charge is 2.27. The third-order valence-corrected chi connectivity index (χ3v) is 5.65. The Morgan fingerprint density at radius 2 is 1.80 bits per heavy atom. The molecule has 1 aromatic heterocycles. The van der Waals surface area contributed by atoms with Gasteiger partial charge >= 0.3 is 5.97 Å². The number of hydrogen-bond acceptors (Lipinski definition) is 6. The van der Waals surface area contributed by atoms with Crippen molar-refractivity contribution in [1.29, 1.82) is 0 Å². The fraction of sp³-hybridized carbons (Fsp3) is 0.238. The van der Waals surface area contributed by atoms with E-state index in [1.807, 2.05) is 0 Å². The number of nitrogens with one attached hydrogen (secondary N) is 1. The lowest BCUT2D eigenvalue weighted by Crippen LogP contribution is -2.31. The number of amides is 1. The molecule has 1 unspecified atom stereocenters. The largest absolute Gasteiger partial charge is 0.469 e. The molecule has 0 aliphatic carbocycles. The van der Waals surface area contributed by atoms with Gasteiger partial charge in [0.2, 0.25) is 0 Å². The Balaban J connectivity index is 2.02. The molecule has 0 fully saturated rings. The van der Waals surface area contributed by atoms with Gasteiger partial charge in [0.05, 0.1) is 25.3 Å². The van der Waals surface area contributed by atoms with Crippen molar-refractivity contribution < 1.29 is 27.2 Å². The Labute approximate surface area is 178 Å². The predicted octanol–water partition coefficient (Wildman–Crippen LogP) is 3.67. The summed E-state index contributed by atoms with van der Waals surface area (Å²) in [6, 6.07) is 12.8. The second kappa shape index (κ2) is 8.89. The van der Waals surface area contributed by atoms with Gasteiger partial charge in [-0.2, -0.15) is 0 Å². The van der Waals surface area contributed by atoms with Crippen molar-refractivity contribution in [3.05, 3.63) is 70.4 Å². The number of para-hydroxylation sites is 1. The summed E-state index contributed by atoms with van der Waals surface area (Å²) in [6.45, 7) is 0. The smallest absolute Gasteiger partial charge is 0.307 e. The van der Waals surface area contributed by atoms with Crippen LogP contribution in [0.5, 0.6) is 0 Å². The molecule has 1 heterocycles. The van der Waals surface area contributed by atoms with E-state index >= 15 is 0 Å². The minimum atomic E-state index is -3.44. The molecule has 0 saturated carbocycles. The predicted molar refractivity (Wildman–Crippen MR) is 113 cm³/mol. The monoisotopic (exact) mass is 449 g/mol. The summed E-state index contributed by atoms with van der Waals surface area (Å²) >= 11 is 6.25. The Morgan fingerprint density at radius 3 is 2.47 bits per heavy atom. The van der Waals surface area contributed by atoms with Crippen LogP contribution in [0.3, 0.4) is 0 Å². The van der Waals surface area contributed by atoms with Crippen LogP contribution in [-0.2, 0) is 25.1 Å². The minimum Gasteiger partial charge on any atom is -0.469 e. The van der Waals surface area contributed by atoms with Gasteiger partial charge in [0, 0.05) is 22.2 Å². The van der Waals surface area contributed by atoms with Gasteiger partial charge in [-0.3, -0.25) is 9.59 Å². The van der Waals surface area contributed by atoms with Crippen molar-refractivity contribution in [2.75, 3.05) is 13.4 Å². The summed E-state index contributed by atoms with van der Waals surface area (Å²) in [6.07, 6.45) is 0.924. The van der Waals surface area contributed by atoms with E-state index in [4.69, 9.17) is 20.8 Å². The fourth-order valence-electron chi connectivity index (χ4n) is 3.16. The van der Waals surface area contributed by atoms with Crippen LogP contribution in [0.15, 0.2) is 52.9 Å². The Bertz CT molecular complexity index is 1200. The second-order valence-corrected chi connectivity index (χ2v) is 9.35. The lowest BCUT2D eigenvalue weighted by Gasteiger charge is -2.19. The van der Waals surface area contributed by atoms with Crippen LogP contribution in [0.4, 0.5) is 0 Å². The molecular weight excluding hydrogens is 430 g/mol. The minimum absolute atomic E-state index is 0.122. The molecule has 30 heavy (non-hydrogen) atoms. The van der Waals surface area contributed by atoms with Gasteiger partial charge in [0.1, 0.15) is 5.58 Å². The third-order valence-electron chi connectivity index (χ3n) is 4.50. The van der Waals surface area contributed by atoms with E-state index in [0.29, 0.717) is 21.6 Å². The van der Waals surface area contributed by atoms with Crippen molar-refractivity contribution in [1.82, 2.24) is 5.32 Å². The van der Waals surface area contributed by atoms with Crippen LogP contribution in [0.25, 0.3) is 11.0 Å². The molecule has 1 N–H and O–H groups in total. The van der Waals surface area contributed by atoms with E-state index in [0.717, 1.165) is 6.26 Å². The Kier molecular flexibility index (Phi) is 6.48. The molecule has 0 saturated heterocycles. The third kappa shape index (κ3) is 5.01. The van der Waals surface area contributed by atoms with Crippen LogP contribution in [-0.4, -0.2) is 33.7 Å². The number of rotatable bonds is 7. The van der Waals surface area contributed by atoms with E-state index in [1.54, 1.807) is 48.5 Å². The summed E-state index contributed by atoms with van der Waals surface area (Å²) in [7, 11) is -2.19. The topological polar surface area (TPSA) is 103 Å². The van der Waals surface area contributed by atoms with Crippen molar-refractivity contribution in [2.45, 2.75) is 18.2 Å². The number of furan rings is 1. The maximum absolute atomic E-state index is 13.1. The molecule has 0 aliphatic rings. The normalized spacial score (nSPS) is 12.5. The van der Waals surface area contributed by atoms with E-state index in [-0.39, 0.29) is 23.5 Å². The SMILES string of the molecule is COC(=O)CC(NC(=O)c1oc2ccccc2c1CS(C)(=O)=O)c1ccccc1Cl. The number of methoxy groups -OCH3 is 1. The number of ether oxygens (including phenoxy) is 1. The van der Waals surface area contributed by atoms with Gasteiger partial charge in [0.15, 0.2) is 15.6 Å². The highest BCUT2D eigenvalue weighted by atomic mass is 35.5. The molecule has 2 aromatic carbocycles. The molecule has 1 amide bonds. The molecule has 7 nitrogen and oxygen atoms in total. The first-order valence-electron chi connectivity index (χ1n) is 9.00. The fourth-order valence-corrected chi connectivity index (χ4v) is 4.24. The summed E-state index contributed by atoms with van der Waals surface area (Å²) < 4.78 is 34.3. The lowest BCUT2D eigenvalue weighted by atomic mass is 10.0. The second-order valence-electron chi connectivity index (χ2n) is 6.80. The molecule has 158 valence electrons. The number of esters is 1. The zero-order valence-electron chi connectivity index (χ0n) is 16.3. The van der Waals surface area contributed by atoms with E-state index in [9.17, 15) is 18.0 Å². The number of hydrogen-bond donors (Lipinski definition) is 1. The number of halogens is 1. The highest BCUT2D eigenvalue weighted by Crippen LogP contribution is 2.30. The van der Waals surface area contributed by atoms with Crippen LogP contribution in [0.2, 0.25) is 5.02 Å². The van der Waals surface area contributed by atoms with Gasteiger partial charge in [0.25, 0.3) is 5.91 Å². The standard InChI is InChI=1S/C21H20ClNO6S/c1-28-19(24)11-17(14-8-3-5-9-16(14)22)23-21(25)20-15(12-30(2,26)27)13-7-4-6-10-18(13)29-20/h3-10,17H,11-12H2,1-2H3,(H,23,25). The number of sulfone groups is 1. The summed E-state index contributed by atoms with van der Waals surface area (Å²) in [5, 5.41) is 3.64. The van der Waals surface area contributed by atoms with Crippen molar-refractivity contribution in [2.24, 2.45) is 0 Å². The number of carbonyl (C=O) groups is 2. The lowest BCUT2D eigenvalue weighted by molar-refractivity contribution is -0.141. The molecule has 0 aliphatic heterocycles. The van der Waals surface area contributed by atoms with Gasteiger partial charge in [-0.25, -0.2) is 8.42 Å². The van der Waals surface area contributed by atoms with E-state index in [2.05, 4.69) is 5.32 Å². The van der Waals surface area contributed by atoms with Gasteiger partial charge in [-0.1, -0.05) is 48.0 Å². The highest BCUT2D eigenvalue weighted by molar-refractivity contribution is 7.89. The summed E-state index contributed by atoms with van der Waals surface area (Å²) in [4.78, 5) is 25.0. The molecule has 0 radical (unpaired) electrons. The zero-order valence-corrected chi connectivity index (χ0v) is 17.9. The molecule has 0 spiro atoms. The molecular formula is C21H20ClNO6S. The number of benzene rings is 2. The van der Waals surface area contributed by atoms with Crippen molar-refractivity contribution in [3.63, 3.8) is 0 Å². The molecule has 3 rings (SSSR count). The first kappa shape index (κ1) is 21.9. The van der Waals surface area contributed by atoms with Crippen molar-refractivity contribution >= 4 is 44.3 Å². The average Bonchev–Trinajstić information content (AvgIpc) is 3.05. The quantitative estimate of drug-likeness (QED) is 0.552. The summed E-state index contributed by atoms with van der Waals surface area (Å²) in [5.74, 6) is -1.68. The Hall–Kier alpha value is -2.84. The maximum Gasteiger partial charge on any atom is 0.307 e. The number of carbonyl (C=O) groups excluding carboxylic acids is 2. The van der Waals surface area contributed by atoms with Crippen LogP contribution in [0, 0.1) is 0 Å². The molecule has 0 bridgehead atoms. The zero-order chi connectivity index (χ0) is 21.9. The Morgan fingerprint density at radius 1 is 1.13 bits per heavy atom.